The van der Waals surface area contributed by atoms with Crippen LogP contribution in [0.15, 0.2) is 0 Å². The van der Waals surface area contributed by atoms with E-state index in [2.05, 4.69) is 33.9 Å². The highest BCUT2D eigenvalue weighted by Gasteiger charge is 2.23. The van der Waals surface area contributed by atoms with Crippen LogP contribution in [0.1, 0.15) is 24.2 Å². The summed E-state index contributed by atoms with van der Waals surface area (Å²) in [7, 11) is 4.29. The minimum atomic E-state index is 0.550. The van der Waals surface area contributed by atoms with E-state index < -0.39 is 0 Å². The summed E-state index contributed by atoms with van der Waals surface area (Å²) in [5.74, 6) is 2.32. The molecule has 0 bridgehead atoms. The largest absolute Gasteiger partial charge is 0.383 e. The molecule has 1 saturated heterocycles. The summed E-state index contributed by atoms with van der Waals surface area (Å²) in [6.07, 6.45) is 2.35. The molecule has 0 saturated carbocycles. The van der Waals surface area contributed by atoms with Crippen LogP contribution in [0.5, 0.6) is 0 Å². The molecule has 5 nitrogen and oxygen atoms in total. The van der Waals surface area contributed by atoms with E-state index in [4.69, 9.17) is 5.73 Å². The summed E-state index contributed by atoms with van der Waals surface area (Å²) in [4.78, 5) is 13.4. The summed E-state index contributed by atoms with van der Waals surface area (Å²) in [5, 5.41) is 0. The van der Waals surface area contributed by atoms with E-state index >= 15 is 0 Å². The van der Waals surface area contributed by atoms with Crippen molar-refractivity contribution in [2.45, 2.75) is 32.7 Å². The lowest BCUT2D eigenvalue weighted by Gasteiger charge is -2.36. The topological polar surface area (TPSA) is 58.3 Å². The van der Waals surface area contributed by atoms with E-state index in [0.717, 1.165) is 30.3 Å². The monoisotopic (exact) mass is 249 g/mol. The van der Waals surface area contributed by atoms with E-state index in [-0.39, 0.29) is 0 Å². The molecular formula is C13H23N5. The number of aryl methyl sites for hydroxylation is 1. The number of aromatic nitrogens is 2. The number of nitrogens with zero attached hydrogens (tertiary/aromatic N) is 4. The molecule has 0 aromatic carbocycles. The lowest BCUT2D eigenvalue weighted by atomic mass is 10.0. The lowest BCUT2D eigenvalue weighted by molar-refractivity contribution is 0.252. The molecule has 1 aliphatic rings. The van der Waals surface area contributed by atoms with Crippen LogP contribution in [0, 0.1) is 13.8 Å². The van der Waals surface area contributed by atoms with Gasteiger partial charge in [0.25, 0.3) is 0 Å². The van der Waals surface area contributed by atoms with Gasteiger partial charge in [-0.2, -0.15) is 0 Å². The van der Waals surface area contributed by atoms with Crippen LogP contribution < -0.4 is 10.6 Å². The fourth-order valence-corrected chi connectivity index (χ4v) is 2.53. The fraction of sp³-hybridized carbons (Fsp3) is 0.692. The van der Waals surface area contributed by atoms with Crippen molar-refractivity contribution in [3.05, 3.63) is 11.4 Å². The zero-order valence-electron chi connectivity index (χ0n) is 11.8. The molecule has 1 fully saturated rings. The zero-order chi connectivity index (χ0) is 13.3. The molecule has 0 unspecified atom stereocenters. The van der Waals surface area contributed by atoms with E-state index in [9.17, 15) is 0 Å². The second-order valence-electron chi connectivity index (χ2n) is 5.25. The molecule has 0 radical (unpaired) electrons. The molecule has 1 aromatic heterocycles. The number of anilines is 2. The van der Waals surface area contributed by atoms with E-state index in [0.29, 0.717) is 11.9 Å². The Labute approximate surface area is 109 Å². The molecule has 5 heteroatoms. The van der Waals surface area contributed by atoms with E-state index in [1.807, 2.05) is 13.8 Å². The van der Waals surface area contributed by atoms with Crippen molar-refractivity contribution in [1.82, 2.24) is 14.9 Å². The minimum absolute atomic E-state index is 0.550. The van der Waals surface area contributed by atoms with Crippen LogP contribution >= 0.6 is 0 Å². The minimum Gasteiger partial charge on any atom is -0.383 e. The van der Waals surface area contributed by atoms with Crippen LogP contribution in [-0.4, -0.2) is 48.1 Å². The third-order valence-corrected chi connectivity index (χ3v) is 3.84. The van der Waals surface area contributed by atoms with Gasteiger partial charge in [0, 0.05) is 18.7 Å². The Morgan fingerprint density at radius 2 is 1.83 bits per heavy atom. The summed E-state index contributed by atoms with van der Waals surface area (Å²) >= 11 is 0. The maximum atomic E-state index is 5.92. The normalized spacial score (nSPS) is 18.0. The number of rotatable bonds is 2. The number of hydrogen-bond acceptors (Lipinski definition) is 5. The maximum Gasteiger partial charge on any atom is 0.137 e. The standard InChI is InChI=1S/C13H23N5/c1-9-12(14)15-10(2)16-13(9)18(4)11-5-7-17(3)8-6-11/h11H,5-8H2,1-4H3,(H2,14,15,16). The molecule has 18 heavy (non-hydrogen) atoms. The van der Waals surface area contributed by atoms with Crippen molar-refractivity contribution in [2.24, 2.45) is 0 Å². The Kier molecular flexibility index (Phi) is 3.71. The summed E-state index contributed by atoms with van der Waals surface area (Å²) < 4.78 is 0. The van der Waals surface area contributed by atoms with Crippen molar-refractivity contribution in [2.75, 3.05) is 37.8 Å². The smallest absolute Gasteiger partial charge is 0.137 e. The Morgan fingerprint density at radius 1 is 1.22 bits per heavy atom. The molecule has 1 aliphatic heterocycles. The number of piperidine rings is 1. The van der Waals surface area contributed by atoms with Crippen molar-refractivity contribution < 1.29 is 0 Å². The SMILES string of the molecule is Cc1nc(N)c(C)c(N(C)C2CCN(C)CC2)n1. The Balaban J connectivity index is 2.20. The van der Waals surface area contributed by atoms with E-state index in [1.165, 1.54) is 12.8 Å². The molecule has 2 rings (SSSR count). The molecule has 0 spiro atoms. The molecular weight excluding hydrogens is 226 g/mol. The first-order valence-electron chi connectivity index (χ1n) is 6.51. The van der Waals surface area contributed by atoms with Crippen molar-refractivity contribution in [3.8, 4) is 0 Å². The lowest BCUT2D eigenvalue weighted by Crippen LogP contribution is -2.42. The zero-order valence-corrected chi connectivity index (χ0v) is 11.8. The first kappa shape index (κ1) is 13.1. The summed E-state index contributed by atoms with van der Waals surface area (Å²) in [5.41, 5.74) is 6.91. The molecule has 0 aliphatic carbocycles. The Bertz CT molecular complexity index is 424. The third-order valence-electron chi connectivity index (χ3n) is 3.84. The molecule has 2 N–H and O–H groups in total. The van der Waals surface area contributed by atoms with Gasteiger partial charge in [-0.1, -0.05) is 0 Å². The molecule has 0 amide bonds. The highest BCUT2D eigenvalue weighted by Crippen LogP contribution is 2.25. The van der Waals surface area contributed by atoms with Crippen LogP contribution in [0.2, 0.25) is 0 Å². The Morgan fingerprint density at radius 3 is 2.44 bits per heavy atom. The molecule has 0 atom stereocenters. The highest BCUT2D eigenvalue weighted by atomic mass is 15.2. The van der Waals surface area contributed by atoms with E-state index in [1.54, 1.807) is 0 Å². The number of nitrogens with two attached hydrogens (primary N) is 1. The van der Waals surface area contributed by atoms with Gasteiger partial charge in [0.15, 0.2) is 0 Å². The van der Waals surface area contributed by atoms with Gasteiger partial charge in [-0.15, -0.1) is 0 Å². The van der Waals surface area contributed by atoms with Gasteiger partial charge in [0.1, 0.15) is 17.5 Å². The fourth-order valence-electron chi connectivity index (χ4n) is 2.53. The maximum absolute atomic E-state index is 5.92. The van der Waals surface area contributed by atoms with Crippen LogP contribution in [0.25, 0.3) is 0 Å². The quantitative estimate of drug-likeness (QED) is 0.853. The van der Waals surface area contributed by atoms with Crippen molar-refractivity contribution >= 4 is 11.6 Å². The summed E-state index contributed by atoms with van der Waals surface area (Å²) in [6, 6.07) is 0.550. The molecule has 100 valence electrons. The average molecular weight is 249 g/mol. The predicted octanol–water partition coefficient (Wildman–Crippen LogP) is 1.21. The van der Waals surface area contributed by atoms with Gasteiger partial charge in [0.2, 0.25) is 0 Å². The number of hydrogen-bond donors (Lipinski definition) is 1. The number of likely N-dealkylation sites (tertiary alicyclic amines) is 1. The number of nitrogen functional groups attached to an aromatic ring is 1. The Hall–Kier alpha value is -1.36. The predicted molar refractivity (Wildman–Crippen MR) is 74.8 cm³/mol. The van der Waals surface area contributed by atoms with Gasteiger partial charge >= 0.3 is 0 Å². The third kappa shape index (κ3) is 2.56. The van der Waals surface area contributed by atoms with Crippen molar-refractivity contribution in [3.63, 3.8) is 0 Å². The van der Waals surface area contributed by atoms with Crippen molar-refractivity contribution in [1.29, 1.82) is 0 Å². The molecule has 2 heterocycles. The van der Waals surface area contributed by atoms with Gasteiger partial charge in [-0.05, 0) is 46.8 Å². The average Bonchev–Trinajstić information content (AvgIpc) is 2.34. The van der Waals surface area contributed by atoms with Gasteiger partial charge in [0.05, 0.1) is 0 Å². The van der Waals surface area contributed by atoms with Gasteiger partial charge < -0.3 is 15.5 Å². The first-order valence-corrected chi connectivity index (χ1v) is 6.51. The van der Waals surface area contributed by atoms with Gasteiger partial charge in [-0.25, -0.2) is 9.97 Å². The summed E-state index contributed by atoms with van der Waals surface area (Å²) in [6.45, 7) is 6.18. The van der Waals surface area contributed by atoms with Crippen LogP contribution in [0.4, 0.5) is 11.6 Å². The second-order valence-corrected chi connectivity index (χ2v) is 5.25. The highest BCUT2D eigenvalue weighted by molar-refractivity contribution is 5.56. The van der Waals surface area contributed by atoms with Crippen LogP contribution in [-0.2, 0) is 0 Å². The first-order chi connectivity index (χ1) is 8.49. The van der Waals surface area contributed by atoms with Crippen LogP contribution in [0.3, 0.4) is 0 Å². The molecule has 1 aromatic rings. The van der Waals surface area contributed by atoms with Gasteiger partial charge in [-0.3, -0.25) is 0 Å². The second kappa shape index (κ2) is 5.10.